The number of para-hydroxylation sites is 1. The molecule has 3 amide bonds. The van der Waals surface area contributed by atoms with E-state index in [4.69, 9.17) is 0 Å². The quantitative estimate of drug-likeness (QED) is 0.831. The lowest BCUT2D eigenvalue weighted by Crippen LogP contribution is -2.36. The molecule has 0 saturated carbocycles. The molecule has 1 aliphatic heterocycles. The van der Waals surface area contributed by atoms with E-state index in [1.165, 1.54) is 18.2 Å². The molecule has 0 spiro atoms. The standard InChI is InChI=1S/C19H15FN2O3S/c1-12-5-4-6-13(9-12)10-16-18(24)22(19(25)26-16)11-17(23)21-15-8-3-2-7-14(15)20/h2-10H,11H2,1H3,(H,21,23). The smallest absolute Gasteiger partial charge is 0.294 e. The first-order chi connectivity index (χ1) is 12.4. The van der Waals surface area contributed by atoms with Crippen molar-refractivity contribution < 1.29 is 18.8 Å². The minimum Gasteiger partial charge on any atom is -0.322 e. The van der Waals surface area contributed by atoms with E-state index in [0.717, 1.165) is 27.8 Å². The lowest BCUT2D eigenvalue weighted by atomic mass is 10.1. The number of aryl methyl sites for hydroxylation is 1. The van der Waals surface area contributed by atoms with Gasteiger partial charge in [-0.3, -0.25) is 19.3 Å². The number of nitrogens with one attached hydrogen (secondary N) is 1. The number of amides is 3. The molecule has 0 bridgehead atoms. The fraction of sp³-hybridized carbons (Fsp3) is 0.105. The van der Waals surface area contributed by atoms with Crippen molar-refractivity contribution in [2.75, 3.05) is 11.9 Å². The van der Waals surface area contributed by atoms with E-state index in [1.807, 2.05) is 31.2 Å². The van der Waals surface area contributed by atoms with Crippen LogP contribution in [0.1, 0.15) is 11.1 Å². The van der Waals surface area contributed by atoms with Gasteiger partial charge >= 0.3 is 0 Å². The van der Waals surface area contributed by atoms with Gasteiger partial charge in [0.25, 0.3) is 11.1 Å². The molecule has 5 nitrogen and oxygen atoms in total. The highest BCUT2D eigenvalue weighted by atomic mass is 32.2. The summed E-state index contributed by atoms with van der Waals surface area (Å²) in [4.78, 5) is 37.7. The van der Waals surface area contributed by atoms with E-state index < -0.39 is 29.4 Å². The van der Waals surface area contributed by atoms with Crippen molar-refractivity contribution in [3.8, 4) is 0 Å². The summed E-state index contributed by atoms with van der Waals surface area (Å²) in [5, 5.41) is 1.83. The normalized spacial score (nSPS) is 15.6. The van der Waals surface area contributed by atoms with Crippen LogP contribution in [0.2, 0.25) is 0 Å². The van der Waals surface area contributed by atoms with Crippen molar-refractivity contribution in [2.45, 2.75) is 6.92 Å². The number of benzene rings is 2. The topological polar surface area (TPSA) is 66.5 Å². The summed E-state index contributed by atoms with van der Waals surface area (Å²) in [6, 6.07) is 13.2. The first kappa shape index (κ1) is 17.9. The maximum absolute atomic E-state index is 13.6. The maximum atomic E-state index is 13.6. The zero-order valence-electron chi connectivity index (χ0n) is 13.9. The number of imide groups is 1. The summed E-state index contributed by atoms with van der Waals surface area (Å²) in [7, 11) is 0. The Balaban J connectivity index is 1.71. The summed E-state index contributed by atoms with van der Waals surface area (Å²) in [5.41, 5.74) is 1.83. The number of halogens is 1. The van der Waals surface area contributed by atoms with Crippen molar-refractivity contribution >= 4 is 40.6 Å². The van der Waals surface area contributed by atoms with Crippen molar-refractivity contribution in [3.05, 3.63) is 70.4 Å². The molecule has 2 aromatic carbocycles. The van der Waals surface area contributed by atoms with Gasteiger partial charge in [0.05, 0.1) is 10.6 Å². The molecule has 0 unspecified atom stereocenters. The number of anilines is 1. The number of carbonyl (C=O) groups excluding carboxylic acids is 3. The Labute approximate surface area is 153 Å². The Morgan fingerprint density at radius 3 is 2.69 bits per heavy atom. The van der Waals surface area contributed by atoms with Crippen LogP contribution in [0.5, 0.6) is 0 Å². The first-order valence-corrected chi connectivity index (χ1v) is 8.62. The molecule has 26 heavy (non-hydrogen) atoms. The number of hydrogen-bond acceptors (Lipinski definition) is 4. The van der Waals surface area contributed by atoms with Crippen LogP contribution < -0.4 is 5.32 Å². The minimum atomic E-state index is -0.644. The average Bonchev–Trinajstić information content (AvgIpc) is 2.84. The Hall–Kier alpha value is -2.93. The van der Waals surface area contributed by atoms with Gasteiger partial charge in [-0.15, -0.1) is 0 Å². The molecule has 1 N–H and O–H groups in total. The SMILES string of the molecule is Cc1cccc(C=C2SC(=O)N(CC(=O)Nc3ccccc3F)C2=O)c1. The highest BCUT2D eigenvalue weighted by molar-refractivity contribution is 8.18. The first-order valence-electron chi connectivity index (χ1n) is 7.80. The zero-order chi connectivity index (χ0) is 18.7. The van der Waals surface area contributed by atoms with Gasteiger partial charge in [-0.1, -0.05) is 42.0 Å². The van der Waals surface area contributed by atoms with Crippen LogP contribution in [0.25, 0.3) is 6.08 Å². The van der Waals surface area contributed by atoms with Crippen LogP contribution in [0.3, 0.4) is 0 Å². The summed E-state index contributed by atoms with van der Waals surface area (Å²) in [6.07, 6.45) is 1.62. The van der Waals surface area contributed by atoms with Crippen LogP contribution in [0.15, 0.2) is 53.4 Å². The Morgan fingerprint density at radius 2 is 1.96 bits per heavy atom. The molecule has 3 rings (SSSR count). The molecule has 0 aliphatic carbocycles. The molecular weight excluding hydrogens is 355 g/mol. The summed E-state index contributed by atoms with van der Waals surface area (Å²) in [6.45, 7) is 1.46. The number of thioether (sulfide) groups is 1. The number of hydrogen-bond donors (Lipinski definition) is 1. The van der Waals surface area contributed by atoms with Gasteiger partial charge in [0.2, 0.25) is 5.91 Å². The van der Waals surface area contributed by atoms with Crippen molar-refractivity contribution in [2.24, 2.45) is 0 Å². The lowest BCUT2D eigenvalue weighted by Gasteiger charge is -2.12. The average molecular weight is 370 g/mol. The zero-order valence-corrected chi connectivity index (χ0v) is 14.7. The third kappa shape index (κ3) is 4.00. The highest BCUT2D eigenvalue weighted by Crippen LogP contribution is 2.32. The van der Waals surface area contributed by atoms with E-state index in [2.05, 4.69) is 5.32 Å². The molecule has 132 valence electrons. The molecule has 0 atom stereocenters. The Kier molecular flexibility index (Phi) is 5.18. The Bertz CT molecular complexity index is 927. The van der Waals surface area contributed by atoms with Gasteiger partial charge < -0.3 is 5.32 Å². The van der Waals surface area contributed by atoms with Crippen molar-refractivity contribution in [1.29, 1.82) is 0 Å². The Morgan fingerprint density at radius 1 is 1.19 bits per heavy atom. The van der Waals surface area contributed by atoms with E-state index >= 15 is 0 Å². The highest BCUT2D eigenvalue weighted by Gasteiger charge is 2.36. The van der Waals surface area contributed by atoms with Gasteiger partial charge in [-0.2, -0.15) is 0 Å². The van der Waals surface area contributed by atoms with E-state index in [1.54, 1.807) is 12.1 Å². The predicted octanol–water partition coefficient (Wildman–Crippen LogP) is 3.81. The molecule has 0 radical (unpaired) electrons. The fourth-order valence-corrected chi connectivity index (χ4v) is 3.28. The van der Waals surface area contributed by atoms with Gasteiger partial charge in [-0.25, -0.2) is 4.39 Å². The van der Waals surface area contributed by atoms with E-state index in [9.17, 15) is 18.8 Å². The van der Waals surface area contributed by atoms with Crippen molar-refractivity contribution in [1.82, 2.24) is 4.90 Å². The summed E-state index contributed by atoms with van der Waals surface area (Å²) < 4.78 is 13.6. The second kappa shape index (κ2) is 7.53. The fourth-order valence-electron chi connectivity index (χ4n) is 2.44. The van der Waals surface area contributed by atoms with Gasteiger partial charge in [-0.05, 0) is 42.5 Å². The van der Waals surface area contributed by atoms with Crippen molar-refractivity contribution in [3.63, 3.8) is 0 Å². The van der Waals surface area contributed by atoms with E-state index in [0.29, 0.717) is 0 Å². The van der Waals surface area contributed by atoms with Gasteiger partial charge in [0, 0.05) is 0 Å². The second-order valence-corrected chi connectivity index (χ2v) is 6.70. The predicted molar refractivity (Wildman–Crippen MR) is 98.9 cm³/mol. The third-order valence-electron chi connectivity index (χ3n) is 3.66. The molecule has 7 heteroatoms. The summed E-state index contributed by atoms with van der Waals surface area (Å²) >= 11 is 0.778. The molecule has 1 heterocycles. The number of nitrogens with zero attached hydrogens (tertiary/aromatic N) is 1. The van der Waals surface area contributed by atoms with Crippen LogP contribution in [-0.2, 0) is 9.59 Å². The number of carbonyl (C=O) groups is 3. The van der Waals surface area contributed by atoms with Gasteiger partial charge in [0.15, 0.2) is 0 Å². The lowest BCUT2D eigenvalue weighted by molar-refractivity contribution is -0.127. The third-order valence-corrected chi connectivity index (χ3v) is 4.57. The number of rotatable bonds is 4. The van der Waals surface area contributed by atoms with E-state index in [-0.39, 0.29) is 10.6 Å². The molecule has 2 aromatic rings. The van der Waals surface area contributed by atoms with Crippen LogP contribution in [0.4, 0.5) is 14.9 Å². The monoisotopic (exact) mass is 370 g/mol. The maximum Gasteiger partial charge on any atom is 0.294 e. The van der Waals surface area contributed by atoms with Crippen LogP contribution in [-0.4, -0.2) is 28.5 Å². The molecule has 1 fully saturated rings. The van der Waals surface area contributed by atoms with Crippen LogP contribution in [0, 0.1) is 12.7 Å². The largest absolute Gasteiger partial charge is 0.322 e. The molecule has 1 aliphatic rings. The molecule has 1 saturated heterocycles. The van der Waals surface area contributed by atoms with Gasteiger partial charge in [0.1, 0.15) is 12.4 Å². The molecular formula is C19H15FN2O3S. The summed E-state index contributed by atoms with van der Waals surface area (Å²) in [5.74, 6) is -1.77. The second-order valence-electron chi connectivity index (χ2n) is 5.71. The van der Waals surface area contributed by atoms with Crippen LogP contribution >= 0.6 is 11.8 Å². The minimum absolute atomic E-state index is 0.000209. The molecule has 0 aromatic heterocycles.